The average molecular weight is 287 g/mol. The number of anilines is 1. The second-order valence-electron chi connectivity index (χ2n) is 4.63. The zero-order valence-corrected chi connectivity index (χ0v) is 12.0. The molecule has 3 rings (SSSR count). The van der Waals surface area contributed by atoms with E-state index in [0.29, 0.717) is 19.0 Å². The third kappa shape index (κ3) is 2.84. The van der Waals surface area contributed by atoms with Gasteiger partial charge in [0.25, 0.3) is 0 Å². The summed E-state index contributed by atoms with van der Waals surface area (Å²) in [6.45, 7) is 5.38. The Balaban J connectivity index is 1.71. The Bertz CT molecular complexity index is 646. The van der Waals surface area contributed by atoms with Gasteiger partial charge in [0, 0.05) is 6.54 Å². The molecular weight excluding hydrogens is 270 g/mol. The lowest BCUT2D eigenvalue weighted by atomic mass is 10.2. The Morgan fingerprint density at radius 1 is 1.24 bits per heavy atom. The van der Waals surface area contributed by atoms with Gasteiger partial charge in [-0.2, -0.15) is 0 Å². The number of nitrogens with one attached hydrogen (secondary N) is 1. The van der Waals surface area contributed by atoms with E-state index in [4.69, 9.17) is 14.2 Å². The highest BCUT2D eigenvalue weighted by Crippen LogP contribution is 2.32. The molecule has 2 heterocycles. The first-order valence-corrected chi connectivity index (χ1v) is 6.84. The smallest absolute Gasteiger partial charge is 0.231 e. The van der Waals surface area contributed by atoms with Gasteiger partial charge >= 0.3 is 0 Å². The van der Waals surface area contributed by atoms with Crippen LogP contribution in [0.3, 0.4) is 0 Å². The molecule has 0 aliphatic carbocycles. The van der Waals surface area contributed by atoms with Gasteiger partial charge in [-0.3, -0.25) is 0 Å². The number of hydrogen-bond acceptors (Lipinski definition) is 6. The largest absolute Gasteiger partial charge is 0.478 e. The normalized spacial score (nSPS) is 12.3. The highest BCUT2D eigenvalue weighted by molar-refractivity contribution is 5.49. The van der Waals surface area contributed by atoms with E-state index >= 15 is 0 Å². The van der Waals surface area contributed by atoms with Gasteiger partial charge in [0.2, 0.25) is 12.7 Å². The van der Waals surface area contributed by atoms with Crippen LogP contribution in [0.15, 0.2) is 24.5 Å². The van der Waals surface area contributed by atoms with Crippen LogP contribution in [0.1, 0.15) is 18.1 Å². The number of hydrogen-bond donors (Lipinski definition) is 1. The molecule has 0 radical (unpaired) electrons. The standard InChI is InChI=1S/C15H17N3O3/c1-3-19-15-10(2)14(17-8-18-15)16-7-11-4-5-12-13(6-11)21-9-20-12/h4-6,8H,3,7,9H2,1-2H3,(H,16,17,18). The molecule has 0 atom stereocenters. The summed E-state index contributed by atoms with van der Waals surface area (Å²) >= 11 is 0. The lowest BCUT2D eigenvalue weighted by molar-refractivity contribution is 0.174. The summed E-state index contributed by atoms with van der Waals surface area (Å²) in [6.07, 6.45) is 1.50. The van der Waals surface area contributed by atoms with Crippen molar-refractivity contribution in [3.05, 3.63) is 35.7 Å². The minimum absolute atomic E-state index is 0.287. The Morgan fingerprint density at radius 2 is 2.10 bits per heavy atom. The van der Waals surface area contributed by atoms with Crippen LogP contribution in [0.2, 0.25) is 0 Å². The highest BCUT2D eigenvalue weighted by Gasteiger charge is 2.13. The van der Waals surface area contributed by atoms with E-state index in [1.165, 1.54) is 6.33 Å². The number of ether oxygens (including phenoxy) is 3. The molecule has 0 spiro atoms. The van der Waals surface area contributed by atoms with Gasteiger partial charge in [-0.1, -0.05) is 6.07 Å². The molecule has 1 aliphatic rings. The van der Waals surface area contributed by atoms with E-state index in [2.05, 4.69) is 15.3 Å². The van der Waals surface area contributed by atoms with Crippen LogP contribution in [-0.2, 0) is 6.54 Å². The second kappa shape index (κ2) is 5.87. The quantitative estimate of drug-likeness (QED) is 0.911. The lowest BCUT2D eigenvalue weighted by Crippen LogP contribution is -2.06. The fraction of sp³-hybridized carbons (Fsp3) is 0.333. The van der Waals surface area contributed by atoms with Crippen molar-refractivity contribution < 1.29 is 14.2 Å². The van der Waals surface area contributed by atoms with Crippen LogP contribution in [0.5, 0.6) is 17.4 Å². The fourth-order valence-electron chi connectivity index (χ4n) is 2.13. The summed E-state index contributed by atoms with van der Waals surface area (Å²) in [5.41, 5.74) is 2.00. The van der Waals surface area contributed by atoms with E-state index < -0.39 is 0 Å². The molecule has 110 valence electrons. The maximum atomic E-state index is 5.46. The molecule has 0 unspecified atom stereocenters. The molecule has 0 amide bonds. The van der Waals surface area contributed by atoms with Gasteiger partial charge < -0.3 is 19.5 Å². The first-order valence-electron chi connectivity index (χ1n) is 6.84. The maximum absolute atomic E-state index is 5.46. The summed E-state index contributed by atoms with van der Waals surface area (Å²) in [6, 6.07) is 5.88. The van der Waals surface area contributed by atoms with Gasteiger partial charge in [0.15, 0.2) is 11.5 Å². The minimum atomic E-state index is 0.287. The third-order valence-electron chi connectivity index (χ3n) is 3.22. The molecule has 1 aromatic heterocycles. The second-order valence-corrected chi connectivity index (χ2v) is 4.63. The van der Waals surface area contributed by atoms with Crippen molar-refractivity contribution in [2.45, 2.75) is 20.4 Å². The number of aromatic nitrogens is 2. The van der Waals surface area contributed by atoms with Gasteiger partial charge in [-0.15, -0.1) is 0 Å². The molecule has 1 aromatic carbocycles. The number of nitrogens with zero attached hydrogens (tertiary/aromatic N) is 2. The van der Waals surface area contributed by atoms with Crippen LogP contribution in [0, 0.1) is 6.92 Å². The molecule has 0 saturated heterocycles. The number of benzene rings is 1. The van der Waals surface area contributed by atoms with Crippen molar-refractivity contribution in [2.75, 3.05) is 18.7 Å². The first kappa shape index (κ1) is 13.5. The monoisotopic (exact) mass is 287 g/mol. The predicted octanol–water partition coefficient (Wildman–Crippen LogP) is 2.52. The van der Waals surface area contributed by atoms with E-state index in [0.717, 1.165) is 28.4 Å². The lowest BCUT2D eigenvalue weighted by Gasteiger charge is -2.11. The van der Waals surface area contributed by atoms with Crippen molar-refractivity contribution in [2.24, 2.45) is 0 Å². The SMILES string of the molecule is CCOc1ncnc(NCc2ccc3c(c2)OCO3)c1C. The molecule has 6 heteroatoms. The number of fused-ring (bicyclic) bond motifs is 1. The Morgan fingerprint density at radius 3 is 2.95 bits per heavy atom. The summed E-state index contributed by atoms with van der Waals surface area (Å²) < 4.78 is 16.1. The summed E-state index contributed by atoms with van der Waals surface area (Å²) in [5, 5.41) is 3.29. The zero-order chi connectivity index (χ0) is 14.7. The molecule has 0 fully saturated rings. The number of rotatable bonds is 5. The first-order chi connectivity index (χ1) is 10.3. The van der Waals surface area contributed by atoms with Crippen LogP contribution < -0.4 is 19.5 Å². The van der Waals surface area contributed by atoms with Gasteiger partial charge in [-0.25, -0.2) is 9.97 Å². The minimum Gasteiger partial charge on any atom is -0.478 e. The predicted molar refractivity (Wildman–Crippen MR) is 77.8 cm³/mol. The van der Waals surface area contributed by atoms with E-state index in [1.807, 2.05) is 32.0 Å². The van der Waals surface area contributed by atoms with Crippen molar-refractivity contribution in [1.82, 2.24) is 9.97 Å². The van der Waals surface area contributed by atoms with Gasteiger partial charge in [0.05, 0.1) is 12.2 Å². The molecular formula is C15H17N3O3. The van der Waals surface area contributed by atoms with Gasteiger partial charge in [-0.05, 0) is 31.5 Å². The van der Waals surface area contributed by atoms with E-state index in [1.54, 1.807) is 0 Å². The Hall–Kier alpha value is -2.50. The van der Waals surface area contributed by atoms with Crippen molar-refractivity contribution in [3.63, 3.8) is 0 Å². The van der Waals surface area contributed by atoms with Crippen LogP contribution in [-0.4, -0.2) is 23.4 Å². The maximum Gasteiger partial charge on any atom is 0.231 e. The zero-order valence-electron chi connectivity index (χ0n) is 12.0. The molecule has 1 N–H and O–H groups in total. The highest BCUT2D eigenvalue weighted by atomic mass is 16.7. The third-order valence-corrected chi connectivity index (χ3v) is 3.22. The molecule has 2 aromatic rings. The van der Waals surface area contributed by atoms with Gasteiger partial charge in [0.1, 0.15) is 12.1 Å². The van der Waals surface area contributed by atoms with Crippen LogP contribution in [0.4, 0.5) is 5.82 Å². The summed E-state index contributed by atoms with van der Waals surface area (Å²) in [5.74, 6) is 2.95. The molecule has 0 saturated carbocycles. The van der Waals surface area contributed by atoms with E-state index in [-0.39, 0.29) is 6.79 Å². The molecule has 6 nitrogen and oxygen atoms in total. The summed E-state index contributed by atoms with van der Waals surface area (Å²) in [7, 11) is 0. The van der Waals surface area contributed by atoms with Crippen molar-refractivity contribution >= 4 is 5.82 Å². The molecule has 21 heavy (non-hydrogen) atoms. The van der Waals surface area contributed by atoms with Crippen molar-refractivity contribution in [3.8, 4) is 17.4 Å². The summed E-state index contributed by atoms with van der Waals surface area (Å²) in [4.78, 5) is 8.37. The molecule has 0 bridgehead atoms. The Kier molecular flexibility index (Phi) is 3.77. The van der Waals surface area contributed by atoms with Crippen LogP contribution >= 0.6 is 0 Å². The average Bonchev–Trinajstić information content (AvgIpc) is 2.96. The molecule has 1 aliphatic heterocycles. The topological polar surface area (TPSA) is 65.5 Å². The van der Waals surface area contributed by atoms with Crippen molar-refractivity contribution in [1.29, 1.82) is 0 Å². The fourth-order valence-corrected chi connectivity index (χ4v) is 2.13. The van der Waals surface area contributed by atoms with Crippen LogP contribution in [0.25, 0.3) is 0 Å². The Labute approximate surface area is 123 Å². The van der Waals surface area contributed by atoms with E-state index in [9.17, 15) is 0 Å².